The summed E-state index contributed by atoms with van der Waals surface area (Å²) >= 11 is 0. The number of nitrogens with one attached hydrogen (secondary N) is 3. The Morgan fingerprint density at radius 1 is 0.761 bits per heavy atom. The highest BCUT2D eigenvalue weighted by atomic mass is 16.7. The maximum Gasteiger partial charge on any atom is 0.408 e. The average molecular weight is 660 g/mol. The lowest BCUT2D eigenvalue weighted by Crippen LogP contribution is -2.57. The molecule has 9 N–H and O–H groups in total. The maximum absolute atomic E-state index is 13.0. The molecule has 17 heteroatoms. The molecule has 2 heterocycles. The van der Waals surface area contributed by atoms with Crippen LogP contribution in [0.2, 0.25) is 0 Å². The summed E-state index contributed by atoms with van der Waals surface area (Å²) in [6.07, 6.45) is -13.7. The summed E-state index contributed by atoms with van der Waals surface area (Å²) in [5.41, 5.74) is 0.725. The van der Waals surface area contributed by atoms with Gasteiger partial charge in [0.2, 0.25) is 11.8 Å². The number of amides is 3. The second-order valence-corrected chi connectivity index (χ2v) is 11.0. The summed E-state index contributed by atoms with van der Waals surface area (Å²) < 4.78 is 26.7. The summed E-state index contributed by atoms with van der Waals surface area (Å²) in [7, 11) is 0. The van der Waals surface area contributed by atoms with Gasteiger partial charge in [0, 0.05) is 19.5 Å². The number of hydrogen-bond acceptors (Lipinski definition) is 14. The van der Waals surface area contributed by atoms with Gasteiger partial charge in [-0.1, -0.05) is 30.3 Å². The van der Waals surface area contributed by atoms with Crippen molar-refractivity contribution in [3.05, 3.63) is 35.9 Å². The Morgan fingerprint density at radius 2 is 1.28 bits per heavy atom. The zero-order valence-corrected chi connectivity index (χ0v) is 25.6. The van der Waals surface area contributed by atoms with Crippen LogP contribution in [0.1, 0.15) is 32.3 Å². The van der Waals surface area contributed by atoms with E-state index in [1.807, 2.05) is 0 Å². The lowest BCUT2D eigenvalue weighted by atomic mass is 10.0. The van der Waals surface area contributed by atoms with Crippen molar-refractivity contribution in [2.75, 3.05) is 26.3 Å². The van der Waals surface area contributed by atoms with Crippen molar-refractivity contribution in [3.63, 3.8) is 0 Å². The van der Waals surface area contributed by atoms with Crippen LogP contribution < -0.4 is 16.0 Å². The van der Waals surface area contributed by atoms with Gasteiger partial charge in [0.15, 0.2) is 12.6 Å². The topological polar surface area (TPSA) is 255 Å². The summed E-state index contributed by atoms with van der Waals surface area (Å²) in [6, 6.07) is 7.69. The molecular formula is C29H45N3O14. The highest BCUT2D eigenvalue weighted by Gasteiger charge is 2.43. The molecule has 0 unspecified atom stereocenters. The Kier molecular flexibility index (Phi) is 15.0. The number of carbonyl (C=O) groups is 3. The first-order chi connectivity index (χ1) is 21.9. The third-order valence-corrected chi connectivity index (χ3v) is 7.49. The quantitative estimate of drug-likeness (QED) is 0.0850. The van der Waals surface area contributed by atoms with Gasteiger partial charge in [-0.05, 0) is 25.8 Å². The smallest absolute Gasteiger partial charge is 0.408 e. The second kappa shape index (κ2) is 18.4. The first kappa shape index (κ1) is 37.5. The Balaban J connectivity index is 1.45. The molecule has 2 aliphatic rings. The third kappa shape index (κ3) is 11.1. The Bertz CT molecular complexity index is 1100. The van der Waals surface area contributed by atoms with Gasteiger partial charge in [0.05, 0.1) is 25.4 Å². The minimum Gasteiger partial charge on any atom is -0.445 e. The first-order valence-electron chi connectivity index (χ1n) is 15.0. The van der Waals surface area contributed by atoms with Gasteiger partial charge in [0.25, 0.3) is 0 Å². The number of carbonyl (C=O) groups excluding carboxylic acids is 3. The highest BCUT2D eigenvalue weighted by molar-refractivity contribution is 5.86. The van der Waals surface area contributed by atoms with Gasteiger partial charge in [-0.15, -0.1) is 0 Å². The number of alkyl carbamates (subject to hydrolysis) is 1. The van der Waals surface area contributed by atoms with E-state index in [4.69, 9.17) is 23.7 Å². The van der Waals surface area contributed by atoms with Gasteiger partial charge >= 0.3 is 6.09 Å². The molecule has 1 aromatic carbocycles. The fourth-order valence-corrected chi connectivity index (χ4v) is 4.68. The van der Waals surface area contributed by atoms with Crippen molar-refractivity contribution < 1.29 is 68.7 Å². The standard InChI is InChI=1S/C29H45N3O14/c1-15-20(34)22(36)24(38)27(45-15)42-12-10-30-19(33)9-8-18(32-29(41)44-14-17-6-4-3-5-7-17)26(40)31-11-13-43-28-25(39)23(37)21(35)16(2)46-28/h3-7,15-16,18,20-25,27-28,34-39H,8-14H2,1-2H3,(H,30,33)(H,31,40)(H,32,41)/t15-,16-,18-,20+,21+,22+,23+,24-,25-,27+,28+/m0/s1. The van der Waals surface area contributed by atoms with Crippen LogP contribution in [0.5, 0.6) is 0 Å². The molecule has 3 rings (SSSR count). The van der Waals surface area contributed by atoms with E-state index in [0.29, 0.717) is 0 Å². The molecule has 0 saturated carbocycles. The van der Waals surface area contributed by atoms with Gasteiger partial charge in [-0.2, -0.15) is 0 Å². The number of rotatable bonds is 15. The van der Waals surface area contributed by atoms with Crippen LogP contribution in [0.4, 0.5) is 4.79 Å². The summed E-state index contributed by atoms with van der Waals surface area (Å²) in [4.78, 5) is 37.9. The van der Waals surface area contributed by atoms with Crippen LogP contribution in [0.25, 0.3) is 0 Å². The molecule has 1 aromatic rings. The zero-order chi connectivity index (χ0) is 33.8. The maximum atomic E-state index is 13.0. The van der Waals surface area contributed by atoms with Gasteiger partial charge in [-0.25, -0.2) is 4.79 Å². The van der Waals surface area contributed by atoms with E-state index in [-0.39, 0.29) is 45.8 Å². The number of ether oxygens (including phenoxy) is 5. The highest BCUT2D eigenvalue weighted by Crippen LogP contribution is 2.22. The summed E-state index contributed by atoms with van der Waals surface area (Å²) in [6.45, 7) is 2.63. The Hall–Kier alpha value is -2.97. The lowest BCUT2D eigenvalue weighted by molar-refractivity contribution is -0.292. The van der Waals surface area contributed by atoms with Crippen molar-refractivity contribution >= 4 is 17.9 Å². The van der Waals surface area contributed by atoms with Crippen molar-refractivity contribution in [2.24, 2.45) is 0 Å². The number of aliphatic hydroxyl groups is 6. The van der Waals surface area contributed by atoms with Crippen LogP contribution in [0.15, 0.2) is 30.3 Å². The molecule has 0 aromatic heterocycles. The predicted molar refractivity (Wildman–Crippen MR) is 155 cm³/mol. The van der Waals surface area contributed by atoms with Crippen LogP contribution in [-0.4, -0.2) is 142 Å². The van der Waals surface area contributed by atoms with E-state index in [1.54, 1.807) is 30.3 Å². The normalized spacial score (nSPS) is 31.8. The van der Waals surface area contributed by atoms with Crippen molar-refractivity contribution in [1.29, 1.82) is 0 Å². The predicted octanol–water partition coefficient (Wildman–Crippen LogP) is -3.02. The van der Waals surface area contributed by atoms with Gasteiger partial charge in [-0.3, -0.25) is 9.59 Å². The van der Waals surface area contributed by atoms with E-state index in [0.717, 1.165) is 5.56 Å². The van der Waals surface area contributed by atoms with Crippen LogP contribution in [0.3, 0.4) is 0 Å². The van der Waals surface area contributed by atoms with Crippen LogP contribution >= 0.6 is 0 Å². The van der Waals surface area contributed by atoms with E-state index < -0.39 is 85.4 Å². The van der Waals surface area contributed by atoms with Crippen molar-refractivity contribution in [3.8, 4) is 0 Å². The molecule has 2 fully saturated rings. The average Bonchev–Trinajstić information content (AvgIpc) is 3.05. The minimum atomic E-state index is -1.51. The zero-order valence-electron chi connectivity index (χ0n) is 25.6. The summed E-state index contributed by atoms with van der Waals surface area (Å²) in [5, 5.41) is 67.0. The molecule has 0 aliphatic carbocycles. The van der Waals surface area contributed by atoms with Crippen LogP contribution in [-0.2, 0) is 39.9 Å². The molecular weight excluding hydrogens is 614 g/mol. The molecule has 0 spiro atoms. The number of aliphatic hydroxyl groups excluding tert-OH is 6. The largest absolute Gasteiger partial charge is 0.445 e. The number of hydrogen-bond donors (Lipinski definition) is 9. The number of benzene rings is 1. The minimum absolute atomic E-state index is 0.00137. The van der Waals surface area contributed by atoms with E-state index in [2.05, 4.69) is 16.0 Å². The van der Waals surface area contributed by atoms with E-state index in [1.165, 1.54) is 13.8 Å². The molecule has 0 radical (unpaired) electrons. The Morgan fingerprint density at radius 3 is 1.83 bits per heavy atom. The molecule has 46 heavy (non-hydrogen) atoms. The second-order valence-electron chi connectivity index (χ2n) is 11.0. The first-order valence-corrected chi connectivity index (χ1v) is 15.0. The molecule has 3 amide bonds. The fourth-order valence-electron chi connectivity index (χ4n) is 4.68. The van der Waals surface area contributed by atoms with Gasteiger partial charge < -0.3 is 70.3 Å². The SMILES string of the molecule is C[C@@H]1O[C@@H](OCCNC(=O)CC[C@H](NC(=O)OCc2ccccc2)C(=O)NCCO[C@@H]2O[C@@H](C)[C@@H](O)[C@@H](O)[C@@H]2O)[C@@H](O)[C@H](O)[C@@H]1O. The lowest BCUT2D eigenvalue weighted by Gasteiger charge is -2.38. The van der Waals surface area contributed by atoms with Gasteiger partial charge in [0.1, 0.15) is 49.3 Å². The van der Waals surface area contributed by atoms with Crippen molar-refractivity contribution in [2.45, 2.75) is 101 Å². The molecule has 11 atom stereocenters. The third-order valence-electron chi connectivity index (χ3n) is 7.49. The molecule has 0 bridgehead atoms. The molecule has 2 aliphatic heterocycles. The Labute approximate surface area is 265 Å². The van der Waals surface area contributed by atoms with Crippen molar-refractivity contribution in [1.82, 2.24) is 16.0 Å². The fraction of sp³-hybridized carbons (Fsp3) is 0.690. The van der Waals surface area contributed by atoms with E-state index in [9.17, 15) is 45.0 Å². The monoisotopic (exact) mass is 659 g/mol. The van der Waals surface area contributed by atoms with Crippen LogP contribution in [0, 0.1) is 0 Å². The molecule has 17 nitrogen and oxygen atoms in total. The molecule has 260 valence electrons. The molecule has 2 saturated heterocycles. The van der Waals surface area contributed by atoms with E-state index >= 15 is 0 Å². The summed E-state index contributed by atoms with van der Waals surface area (Å²) in [5.74, 6) is -1.12.